The summed E-state index contributed by atoms with van der Waals surface area (Å²) >= 11 is 0. The fourth-order valence-corrected chi connectivity index (χ4v) is 1.62. The summed E-state index contributed by atoms with van der Waals surface area (Å²) in [5.41, 5.74) is 6.85. The Labute approximate surface area is 95.0 Å². The fourth-order valence-electron chi connectivity index (χ4n) is 1.62. The summed E-state index contributed by atoms with van der Waals surface area (Å²) in [5, 5.41) is 9.38. The summed E-state index contributed by atoms with van der Waals surface area (Å²) in [6, 6.07) is 5.56. The molecule has 0 saturated carbocycles. The highest BCUT2D eigenvalue weighted by atomic mass is 16.5. The zero-order chi connectivity index (χ0) is 11.5. The normalized spacial score (nSPS) is 20.1. The predicted molar refractivity (Wildman–Crippen MR) is 60.7 cm³/mol. The molecule has 2 rings (SSSR count). The first-order chi connectivity index (χ1) is 7.70. The fraction of sp³-hybridized carbons (Fsp3) is 0.500. The molecule has 1 aliphatic heterocycles. The van der Waals surface area contributed by atoms with Gasteiger partial charge in [0.25, 0.3) is 0 Å². The monoisotopic (exact) mass is 223 g/mol. The third-order valence-corrected chi connectivity index (χ3v) is 2.72. The van der Waals surface area contributed by atoms with Gasteiger partial charge in [-0.2, -0.15) is 0 Å². The highest BCUT2D eigenvalue weighted by Gasteiger charge is 2.20. The van der Waals surface area contributed by atoms with Gasteiger partial charge in [0.1, 0.15) is 24.7 Å². The first-order valence-electron chi connectivity index (χ1n) is 5.54. The highest BCUT2D eigenvalue weighted by molar-refractivity contribution is 5.44. The van der Waals surface area contributed by atoms with Crippen molar-refractivity contribution in [1.82, 2.24) is 0 Å². The number of rotatable bonds is 4. The van der Waals surface area contributed by atoms with Crippen LogP contribution in [0, 0.1) is 0 Å². The molecule has 0 saturated heterocycles. The van der Waals surface area contributed by atoms with Gasteiger partial charge in [0.05, 0.1) is 12.1 Å². The molecule has 1 aromatic rings. The lowest BCUT2D eigenvalue weighted by Gasteiger charge is -2.11. The summed E-state index contributed by atoms with van der Waals surface area (Å²) in [4.78, 5) is 0. The second-order valence-corrected chi connectivity index (χ2v) is 3.99. The minimum absolute atomic E-state index is 0.0368. The van der Waals surface area contributed by atoms with Gasteiger partial charge in [-0.3, -0.25) is 0 Å². The van der Waals surface area contributed by atoms with Crippen molar-refractivity contribution in [1.29, 1.82) is 0 Å². The van der Waals surface area contributed by atoms with Crippen LogP contribution >= 0.6 is 0 Å². The van der Waals surface area contributed by atoms with Crippen molar-refractivity contribution in [3.63, 3.8) is 0 Å². The third kappa shape index (κ3) is 2.28. The number of aliphatic hydroxyl groups is 1. The molecule has 0 bridgehead atoms. The van der Waals surface area contributed by atoms with Crippen LogP contribution in [0.1, 0.15) is 24.9 Å². The van der Waals surface area contributed by atoms with Crippen molar-refractivity contribution in [2.24, 2.45) is 5.73 Å². The number of fused-ring (bicyclic) bond motifs is 1. The minimum atomic E-state index is -0.420. The molecule has 2 unspecified atom stereocenters. The summed E-state index contributed by atoms with van der Waals surface area (Å²) in [6.45, 7) is 2.75. The van der Waals surface area contributed by atoms with Gasteiger partial charge >= 0.3 is 0 Å². The van der Waals surface area contributed by atoms with E-state index in [9.17, 15) is 5.11 Å². The van der Waals surface area contributed by atoms with E-state index in [0.29, 0.717) is 25.4 Å². The first kappa shape index (κ1) is 11.2. The Morgan fingerprint density at radius 1 is 1.62 bits per heavy atom. The molecule has 0 spiro atoms. The molecule has 2 atom stereocenters. The zero-order valence-electron chi connectivity index (χ0n) is 9.35. The van der Waals surface area contributed by atoms with Gasteiger partial charge in [-0.15, -0.1) is 0 Å². The van der Waals surface area contributed by atoms with E-state index in [4.69, 9.17) is 15.2 Å². The molecule has 88 valence electrons. The average Bonchev–Trinajstić information content (AvgIpc) is 2.67. The molecule has 4 nitrogen and oxygen atoms in total. The van der Waals surface area contributed by atoms with Gasteiger partial charge in [0, 0.05) is 11.6 Å². The van der Waals surface area contributed by atoms with E-state index >= 15 is 0 Å². The van der Waals surface area contributed by atoms with Crippen molar-refractivity contribution >= 4 is 0 Å². The predicted octanol–water partition coefficient (Wildman–Crippen LogP) is 1.23. The Morgan fingerprint density at radius 3 is 3.19 bits per heavy atom. The Hall–Kier alpha value is -1.26. The van der Waals surface area contributed by atoms with Crippen molar-refractivity contribution < 1.29 is 14.6 Å². The topological polar surface area (TPSA) is 64.7 Å². The van der Waals surface area contributed by atoms with Crippen LogP contribution in [0.15, 0.2) is 18.2 Å². The van der Waals surface area contributed by atoms with Crippen LogP contribution < -0.4 is 15.2 Å². The van der Waals surface area contributed by atoms with Crippen molar-refractivity contribution in [2.45, 2.75) is 25.5 Å². The largest absolute Gasteiger partial charge is 0.491 e. The third-order valence-electron chi connectivity index (χ3n) is 2.72. The van der Waals surface area contributed by atoms with Crippen molar-refractivity contribution in [3.8, 4) is 11.5 Å². The van der Waals surface area contributed by atoms with Gasteiger partial charge < -0.3 is 20.3 Å². The Morgan fingerprint density at radius 2 is 2.44 bits per heavy atom. The Bertz CT molecular complexity index is 367. The quantitative estimate of drug-likeness (QED) is 0.805. The van der Waals surface area contributed by atoms with Crippen LogP contribution in [-0.2, 0) is 0 Å². The van der Waals surface area contributed by atoms with Gasteiger partial charge in [0.2, 0.25) is 0 Å². The summed E-state index contributed by atoms with van der Waals surface area (Å²) in [7, 11) is 0. The van der Waals surface area contributed by atoms with Gasteiger partial charge in [-0.1, -0.05) is 6.92 Å². The van der Waals surface area contributed by atoms with Crippen LogP contribution in [-0.4, -0.2) is 24.4 Å². The molecule has 3 N–H and O–H groups in total. The van der Waals surface area contributed by atoms with Gasteiger partial charge in [0.15, 0.2) is 0 Å². The van der Waals surface area contributed by atoms with Crippen LogP contribution in [0.25, 0.3) is 0 Å². The SMILES string of the molecule is CCC(O)COc1ccc2c(c1)OCC2N. The lowest BCUT2D eigenvalue weighted by Crippen LogP contribution is -2.15. The average molecular weight is 223 g/mol. The van der Waals surface area contributed by atoms with Crippen molar-refractivity contribution in [3.05, 3.63) is 23.8 Å². The molecule has 0 fully saturated rings. The molecule has 1 heterocycles. The number of hydrogen-bond donors (Lipinski definition) is 2. The van der Waals surface area contributed by atoms with Crippen LogP contribution in [0.2, 0.25) is 0 Å². The summed E-state index contributed by atoms with van der Waals surface area (Å²) < 4.78 is 10.9. The second kappa shape index (κ2) is 4.72. The van der Waals surface area contributed by atoms with Gasteiger partial charge in [-0.25, -0.2) is 0 Å². The van der Waals surface area contributed by atoms with Crippen LogP contribution in [0.4, 0.5) is 0 Å². The number of aliphatic hydroxyl groups excluding tert-OH is 1. The molecule has 16 heavy (non-hydrogen) atoms. The zero-order valence-corrected chi connectivity index (χ0v) is 9.35. The summed E-state index contributed by atoms with van der Waals surface area (Å²) in [5.74, 6) is 1.50. The van der Waals surface area contributed by atoms with E-state index in [1.807, 2.05) is 25.1 Å². The molecular weight excluding hydrogens is 206 g/mol. The lowest BCUT2D eigenvalue weighted by molar-refractivity contribution is 0.104. The maximum atomic E-state index is 9.38. The molecule has 0 amide bonds. The number of nitrogens with two attached hydrogens (primary N) is 1. The Kier molecular flexibility index (Phi) is 3.31. The lowest BCUT2D eigenvalue weighted by atomic mass is 10.1. The van der Waals surface area contributed by atoms with E-state index in [-0.39, 0.29) is 6.04 Å². The van der Waals surface area contributed by atoms with E-state index < -0.39 is 6.10 Å². The smallest absolute Gasteiger partial charge is 0.127 e. The van der Waals surface area contributed by atoms with Crippen LogP contribution in [0.3, 0.4) is 0 Å². The van der Waals surface area contributed by atoms with Gasteiger partial charge in [-0.05, 0) is 18.6 Å². The molecular formula is C12H17NO3. The first-order valence-corrected chi connectivity index (χ1v) is 5.54. The molecule has 1 aliphatic rings. The second-order valence-electron chi connectivity index (χ2n) is 3.99. The highest BCUT2D eigenvalue weighted by Crippen LogP contribution is 2.33. The van der Waals surface area contributed by atoms with E-state index in [2.05, 4.69) is 0 Å². The minimum Gasteiger partial charge on any atom is -0.491 e. The molecule has 0 radical (unpaired) electrons. The Balaban J connectivity index is 2.02. The summed E-state index contributed by atoms with van der Waals surface area (Å²) in [6.07, 6.45) is 0.267. The standard InChI is InChI=1S/C12H17NO3/c1-2-8(14)6-15-9-3-4-10-11(13)7-16-12(10)5-9/h3-5,8,11,14H,2,6-7,13H2,1H3. The number of benzene rings is 1. The molecule has 4 heteroatoms. The maximum Gasteiger partial charge on any atom is 0.127 e. The van der Waals surface area contributed by atoms with Crippen LogP contribution in [0.5, 0.6) is 11.5 Å². The number of hydrogen-bond acceptors (Lipinski definition) is 4. The number of ether oxygens (including phenoxy) is 2. The molecule has 1 aromatic carbocycles. The maximum absolute atomic E-state index is 9.38. The van der Waals surface area contributed by atoms with E-state index in [1.165, 1.54) is 0 Å². The van der Waals surface area contributed by atoms with Crippen molar-refractivity contribution in [2.75, 3.05) is 13.2 Å². The van der Waals surface area contributed by atoms with E-state index in [1.54, 1.807) is 0 Å². The van der Waals surface area contributed by atoms with E-state index in [0.717, 1.165) is 11.3 Å². The molecule has 0 aliphatic carbocycles. The molecule has 0 aromatic heterocycles.